The minimum atomic E-state index is -1.12. The molecule has 2 heterocycles. The van der Waals surface area contributed by atoms with E-state index in [2.05, 4.69) is 10.2 Å². The molecule has 1 aromatic heterocycles. The van der Waals surface area contributed by atoms with E-state index >= 15 is 0 Å². The molecule has 1 aromatic carbocycles. The average Bonchev–Trinajstić information content (AvgIpc) is 2.91. The maximum Gasteiger partial charge on any atom is 0.264 e. The maximum atomic E-state index is 13.2. The molecule has 1 N–H and O–H groups in total. The molecule has 1 saturated heterocycles. The van der Waals surface area contributed by atoms with Gasteiger partial charge in [-0.2, -0.15) is 5.10 Å². The lowest BCUT2D eigenvalue weighted by Gasteiger charge is -2.28. The van der Waals surface area contributed by atoms with Crippen molar-refractivity contribution in [3.05, 3.63) is 62.8 Å². The van der Waals surface area contributed by atoms with Crippen LogP contribution in [0.4, 0.5) is 4.39 Å². The summed E-state index contributed by atoms with van der Waals surface area (Å²) in [6.07, 6.45) is 0.259. The van der Waals surface area contributed by atoms with Crippen LogP contribution in [0.2, 0.25) is 5.02 Å². The van der Waals surface area contributed by atoms with Crippen LogP contribution in [0.3, 0.4) is 0 Å². The number of nitrogens with zero attached hydrogens (tertiary/aromatic N) is 1. The summed E-state index contributed by atoms with van der Waals surface area (Å²) in [5.74, 6) is -1.55. The molecule has 7 heteroatoms. The maximum absolute atomic E-state index is 13.2. The highest BCUT2D eigenvalue weighted by Gasteiger charge is 2.41. The van der Waals surface area contributed by atoms with Crippen LogP contribution in [0.1, 0.15) is 11.3 Å². The van der Waals surface area contributed by atoms with Crippen molar-refractivity contribution < 1.29 is 13.9 Å². The van der Waals surface area contributed by atoms with Crippen molar-refractivity contribution >= 4 is 11.6 Å². The lowest BCUT2D eigenvalue weighted by molar-refractivity contribution is -0.165. The molecule has 0 amide bonds. The van der Waals surface area contributed by atoms with E-state index in [1.54, 1.807) is 6.07 Å². The average molecular weight is 311 g/mol. The summed E-state index contributed by atoms with van der Waals surface area (Å²) in [7, 11) is 0. The van der Waals surface area contributed by atoms with E-state index in [0.717, 1.165) is 0 Å². The molecule has 0 aliphatic carbocycles. The second-order valence-electron chi connectivity index (χ2n) is 4.66. The third-order valence-electron chi connectivity index (χ3n) is 3.25. The number of aromatic nitrogens is 2. The van der Waals surface area contributed by atoms with E-state index in [9.17, 15) is 9.18 Å². The molecule has 3 rings (SSSR count). The molecule has 0 bridgehead atoms. The third-order valence-corrected chi connectivity index (χ3v) is 3.56. The first kappa shape index (κ1) is 14.2. The summed E-state index contributed by atoms with van der Waals surface area (Å²) in [5, 5.41) is 6.52. The lowest BCUT2D eigenvalue weighted by atomic mass is 10.00. The van der Waals surface area contributed by atoms with Crippen LogP contribution in [0.25, 0.3) is 0 Å². The summed E-state index contributed by atoms with van der Waals surface area (Å²) in [6.45, 7) is 0.800. The zero-order valence-electron chi connectivity index (χ0n) is 10.9. The fourth-order valence-corrected chi connectivity index (χ4v) is 2.63. The first-order chi connectivity index (χ1) is 10.1. The van der Waals surface area contributed by atoms with Gasteiger partial charge in [-0.1, -0.05) is 11.6 Å². The monoisotopic (exact) mass is 310 g/mol. The van der Waals surface area contributed by atoms with Gasteiger partial charge in [0.1, 0.15) is 5.82 Å². The Labute approximate surface area is 124 Å². The van der Waals surface area contributed by atoms with Gasteiger partial charge in [-0.3, -0.25) is 4.79 Å². The van der Waals surface area contributed by atoms with Gasteiger partial charge in [0.2, 0.25) is 5.79 Å². The Morgan fingerprint density at radius 3 is 2.67 bits per heavy atom. The van der Waals surface area contributed by atoms with Crippen LogP contribution < -0.4 is 5.56 Å². The van der Waals surface area contributed by atoms with Gasteiger partial charge in [0, 0.05) is 11.6 Å². The van der Waals surface area contributed by atoms with Crippen molar-refractivity contribution in [2.75, 3.05) is 13.2 Å². The van der Waals surface area contributed by atoms with Crippen molar-refractivity contribution in [1.82, 2.24) is 10.2 Å². The molecule has 0 atom stereocenters. The number of hydrogen-bond acceptors (Lipinski definition) is 4. The SMILES string of the molecule is O=c1ccc(CC2(c3ccc(F)cc3Cl)OCCO2)n[nH]1. The van der Waals surface area contributed by atoms with E-state index in [-0.39, 0.29) is 17.0 Å². The number of H-pyrrole nitrogens is 1. The predicted octanol–water partition coefficient (Wildman–Crippen LogP) is 2.00. The molecule has 5 nitrogen and oxygen atoms in total. The minimum Gasteiger partial charge on any atom is -0.343 e. The summed E-state index contributed by atoms with van der Waals surface area (Å²) in [4.78, 5) is 11.1. The molecule has 0 unspecified atom stereocenters. The fraction of sp³-hybridized carbons (Fsp3) is 0.286. The summed E-state index contributed by atoms with van der Waals surface area (Å²) >= 11 is 6.11. The second kappa shape index (κ2) is 5.55. The number of halogens is 2. The Kier molecular flexibility index (Phi) is 3.75. The summed E-state index contributed by atoms with van der Waals surface area (Å²) in [6, 6.07) is 7.01. The van der Waals surface area contributed by atoms with Crippen molar-refractivity contribution in [3.63, 3.8) is 0 Å². The predicted molar refractivity (Wildman–Crippen MR) is 73.6 cm³/mol. The smallest absolute Gasteiger partial charge is 0.264 e. The Bertz CT molecular complexity index is 693. The van der Waals surface area contributed by atoms with Crippen LogP contribution >= 0.6 is 11.6 Å². The molecule has 1 aliphatic rings. The zero-order chi connectivity index (χ0) is 14.9. The van der Waals surface area contributed by atoms with Crippen LogP contribution in [-0.2, 0) is 21.7 Å². The van der Waals surface area contributed by atoms with Gasteiger partial charge in [-0.15, -0.1) is 0 Å². The van der Waals surface area contributed by atoms with Crippen molar-refractivity contribution in [2.24, 2.45) is 0 Å². The molecular formula is C14H12ClFN2O3. The Hall–Kier alpha value is -1.76. The van der Waals surface area contributed by atoms with Gasteiger partial charge in [0.15, 0.2) is 0 Å². The Balaban J connectivity index is 1.99. The first-order valence-corrected chi connectivity index (χ1v) is 6.75. The third kappa shape index (κ3) is 2.83. The number of benzene rings is 1. The second-order valence-corrected chi connectivity index (χ2v) is 5.07. The summed E-state index contributed by atoms with van der Waals surface area (Å²) < 4.78 is 24.7. The van der Waals surface area contributed by atoms with Crippen LogP contribution in [0.15, 0.2) is 35.1 Å². The highest BCUT2D eigenvalue weighted by Crippen LogP contribution is 2.38. The molecule has 1 fully saturated rings. The quantitative estimate of drug-likeness (QED) is 0.942. The standard InChI is InChI=1S/C14H12ClFN2O3/c15-12-7-9(16)1-3-11(12)14(20-5-6-21-14)8-10-2-4-13(19)18-17-10/h1-4,7H,5-6,8H2,(H,18,19). The van der Waals surface area contributed by atoms with E-state index in [0.29, 0.717) is 24.5 Å². The van der Waals surface area contributed by atoms with Gasteiger partial charge in [-0.25, -0.2) is 9.49 Å². The van der Waals surface area contributed by atoms with Crippen molar-refractivity contribution in [3.8, 4) is 0 Å². The van der Waals surface area contributed by atoms with Gasteiger partial charge < -0.3 is 9.47 Å². The molecule has 1 aliphatic heterocycles. The van der Waals surface area contributed by atoms with Gasteiger partial charge in [0.05, 0.1) is 30.4 Å². The molecule has 0 spiro atoms. The number of hydrogen-bond donors (Lipinski definition) is 1. The van der Waals surface area contributed by atoms with Crippen LogP contribution in [-0.4, -0.2) is 23.4 Å². The highest BCUT2D eigenvalue weighted by molar-refractivity contribution is 6.31. The van der Waals surface area contributed by atoms with Gasteiger partial charge in [0.25, 0.3) is 5.56 Å². The number of rotatable bonds is 3. The fourth-order valence-electron chi connectivity index (χ4n) is 2.32. The van der Waals surface area contributed by atoms with E-state index < -0.39 is 11.6 Å². The minimum absolute atomic E-state index is 0.223. The normalized spacial score (nSPS) is 17.0. The zero-order valence-corrected chi connectivity index (χ0v) is 11.7. The van der Waals surface area contributed by atoms with E-state index in [1.807, 2.05) is 0 Å². The molecular weight excluding hydrogens is 299 g/mol. The van der Waals surface area contributed by atoms with E-state index in [4.69, 9.17) is 21.1 Å². The summed E-state index contributed by atoms with van der Waals surface area (Å²) in [5.41, 5.74) is 0.828. The Morgan fingerprint density at radius 2 is 2.05 bits per heavy atom. The number of ether oxygens (including phenoxy) is 2. The highest BCUT2D eigenvalue weighted by atomic mass is 35.5. The van der Waals surface area contributed by atoms with Crippen molar-refractivity contribution in [1.29, 1.82) is 0 Å². The first-order valence-electron chi connectivity index (χ1n) is 6.37. The largest absolute Gasteiger partial charge is 0.343 e. The molecule has 21 heavy (non-hydrogen) atoms. The lowest BCUT2D eigenvalue weighted by Crippen LogP contribution is -2.31. The molecule has 110 valence electrons. The number of nitrogens with one attached hydrogen (secondary N) is 1. The van der Waals surface area contributed by atoms with Crippen molar-refractivity contribution in [2.45, 2.75) is 12.2 Å². The van der Waals surface area contributed by atoms with Crippen LogP contribution in [0.5, 0.6) is 0 Å². The van der Waals surface area contributed by atoms with Crippen LogP contribution in [0, 0.1) is 5.82 Å². The van der Waals surface area contributed by atoms with Gasteiger partial charge in [-0.05, 0) is 24.3 Å². The molecule has 0 saturated carbocycles. The Morgan fingerprint density at radius 1 is 1.29 bits per heavy atom. The van der Waals surface area contributed by atoms with Gasteiger partial charge >= 0.3 is 0 Å². The molecule has 0 radical (unpaired) electrons. The molecule has 2 aromatic rings. The number of aromatic amines is 1. The van der Waals surface area contributed by atoms with E-state index in [1.165, 1.54) is 24.3 Å². The topological polar surface area (TPSA) is 64.2 Å².